The van der Waals surface area contributed by atoms with Crippen LogP contribution in [0.1, 0.15) is 25.5 Å². The summed E-state index contributed by atoms with van der Waals surface area (Å²) in [5, 5.41) is 9.19. The smallest absolute Gasteiger partial charge is 0.309 e. The minimum atomic E-state index is -0.747. The second-order valence-electron chi connectivity index (χ2n) is 5.97. The molecule has 2 rings (SSSR count). The van der Waals surface area contributed by atoms with Crippen molar-refractivity contribution in [3.63, 3.8) is 0 Å². The molecular formula is C15H22N2O4. The Kier molecular flexibility index (Phi) is 4.67. The zero-order valence-corrected chi connectivity index (χ0v) is 12.5. The van der Waals surface area contributed by atoms with E-state index in [1.165, 1.54) is 0 Å². The van der Waals surface area contributed by atoms with Gasteiger partial charge in [-0.25, -0.2) is 0 Å². The second-order valence-corrected chi connectivity index (χ2v) is 5.97. The van der Waals surface area contributed by atoms with Crippen molar-refractivity contribution in [2.75, 3.05) is 26.7 Å². The highest BCUT2D eigenvalue weighted by Crippen LogP contribution is 2.30. The first-order valence-electron chi connectivity index (χ1n) is 7.13. The zero-order valence-electron chi connectivity index (χ0n) is 12.5. The number of likely N-dealkylation sites (tertiary alicyclic amines) is 1. The number of hydrogen-bond acceptors (Lipinski definition) is 4. The average Bonchev–Trinajstić information content (AvgIpc) is 2.94. The van der Waals surface area contributed by atoms with Crippen molar-refractivity contribution in [2.24, 2.45) is 5.41 Å². The van der Waals surface area contributed by atoms with Crippen LogP contribution in [0.2, 0.25) is 0 Å². The highest BCUT2D eigenvalue weighted by atomic mass is 16.4. The summed E-state index contributed by atoms with van der Waals surface area (Å²) in [6.07, 6.45) is 2.75. The maximum Gasteiger partial charge on any atom is 0.309 e. The summed E-state index contributed by atoms with van der Waals surface area (Å²) in [5.41, 5.74) is -0.653. The lowest BCUT2D eigenvalue weighted by Gasteiger charge is -2.36. The summed E-state index contributed by atoms with van der Waals surface area (Å²) in [6.45, 7) is 3.84. The van der Waals surface area contributed by atoms with Crippen molar-refractivity contribution in [1.29, 1.82) is 0 Å². The molecule has 0 unspecified atom stereocenters. The lowest BCUT2D eigenvalue weighted by atomic mass is 9.80. The normalized spacial score (nSPS) is 18.4. The van der Waals surface area contributed by atoms with Crippen LogP contribution in [0.25, 0.3) is 0 Å². The number of carbonyl (C=O) groups excluding carboxylic acids is 1. The van der Waals surface area contributed by atoms with Crippen LogP contribution in [0.15, 0.2) is 22.8 Å². The number of carboxylic acid groups (broad SMARTS) is 1. The predicted molar refractivity (Wildman–Crippen MR) is 76.6 cm³/mol. The molecule has 2 heterocycles. The molecule has 0 aromatic carbocycles. The highest BCUT2D eigenvalue weighted by molar-refractivity contribution is 5.78. The number of nitrogens with zero attached hydrogens (tertiary/aromatic N) is 2. The number of likely N-dealkylation sites (N-methyl/N-ethyl adjacent to an activating group) is 1. The largest absolute Gasteiger partial charge is 0.481 e. The van der Waals surface area contributed by atoms with Gasteiger partial charge in [0.1, 0.15) is 5.76 Å². The van der Waals surface area contributed by atoms with Crippen LogP contribution in [0.4, 0.5) is 0 Å². The molecule has 1 aliphatic heterocycles. The van der Waals surface area contributed by atoms with Gasteiger partial charge in [0, 0.05) is 7.05 Å². The van der Waals surface area contributed by atoms with Crippen LogP contribution in [-0.4, -0.2) is 53.5 Å². The third kappa shape index (κ3) is 3.85. The van der Waals surface area contributed by atoms with Gasteiger partial charge in [-0.05, 0) is 45.0 Å². The molecule has 6 nitrogen and oxygen atoms in total. The number of piperidine rings is 1. The predicted octanol–water partition coefficient (Wildman–Crippen LogP) is 1.42. The van der Waals surface area contributed by atoms with Crippen LogP contribution in [0.3, 0.4) is 0 Å². The third-order valence-corrected chi connectivity index (χ3v) is 4.23. The first-order chi connectivity index (χ1) is 9.90. The molecule has 1 saturated heterocycles. The molecule has 1 N–H and O–H groups in total. The molecule has 1 aromatic heterocycles. The van der Waals surface area contributed by atoms with E-state index in [9.17, 15) is 14.7 Å². The Morgan fingerprint density at radius 1 is 1.43 bits per heavy atom. The Bertz CT molecular complexity index is 490. The summed E-state index contributed by atoms with van der Waals surface area (Å²) < 4.78 is 5.23. The fourth-order valence-electron chi connectivity index (χ4n) is 2.46. The van der Waals surface area contributed by atoms with Crippen molar-refractivity contribution in [2.45, 2.75) is 26.3 Å². The summed E-state index contributed by atoms with van der Waals surface area (Å²) in [6, 6.07) is 3.63. The Labute approximate surface area is 124 Å². The fraction of sp³-hybridized carbons (Fsp3) is 0.600. The molecule has 0 radical (unpaired) electrons. The van der Waals surface area contributed by atoms with Crippen molar-refractivity contribution < 1.29 is 19.1 Å². The minimum Gasteiger partial charge on any atom is -0.481 e. The Morgan fingerprint density at radius 3 is 2.62 bits per heavy atom. The number of carboxylic acids is 1. The fourth-order valence-corrected chi connectivity index (χ4v) is 2.46. The van der Waals surface area contributed by atoms with Crippen molar-refractivity contribution >= 4 is 11.9 Å². The number of hydrogen-bond donors (Lipinski definition) is 1. The molecule has 0 atom stereocenters. The van der Waals surface area contributed by atoms with Crippen LogP contribution in [-0.2, 0) is 16.1 Å². The molecule has 21 heavy (non-hydrogen) atoms. The van der Waals surface area contributed by atoms with E-state index < -0.39 is 11.4 Å². The number of furan rings is 1. The Hall–Kier alpha value is -1.82. The van der Waals surface area contributed by atoms with E-state index in [4.69, 9.17) is 4.42 Å². The van der Waals surface area contributed by atoms with Crippen LogP contribution in [0.5, 0.6) is 0 Å². The molecule has 1 aromatic rings. The van der Waals surface area contributed by atoms with Gasteiger partial charge < -0.3 is 14.4 Å². The van der Waals surface area contributed by atoms with Crippen LogP contribution >= 0.6 is 0 Å². The molecule has 1 amide bonds. The van der Waals surface area contributed by atoms with Gasteiger partial charge in [-0.1, -0.05) is 0 Å². The number of carbonyl (C=O) groups is 2. The first-order valence-corrected chi connectivity index (χ1v) is 7.13. The van der Waals surface area contributed by atoms with Crippen LogP contribution in [0, 0.1) is 5.41 Å². The van der Waals surface area contributed by atoms with Crippen molar-refractivity contribution in [3.05, 3.63) is 24.2 Å². The molecule has 0 bridgehead atoms. The SMILES string of the molecule is CN(Cc1ccco1)C(=O)CN1CCC(C)(C(=O)O)CC1. The van der Waals surface area contributed by atoms with E-state index in [2.05, 4.69) is 0 Å². The molecule has 0 spiro atoms. The lowest BCUT2D eigenvalue weighted by molar-refractivity contribution is -0.150. The van der Waals surface area contributed by atoms with E-state index in [0.29, 0.717) is 39.0 Å². The van der Waals surface area contributed by atoms with Crippen molar-refractivity contribution in [1.82, 2.24) is 9.80 Å². The van der Waals surface area contributed by atoms with E-state index in [1.54, 1.807) is 31.2 Å². The molecule has 1 fully saturated rings. The van der Waals surface area contributed by atoms with Gasteiger partial charge in [0.15, 0.2) is 0 Å². The van der Waals surface area contributed by atoms with Gasteiger partial charge in [-0.15, -0.1) is 0 Å². The number of rotatable bonds is 5. The van der Waals surface area contributed by atoms with Gasteiger partial charge >= 0.3 is 5.97 Å². The first kappa shape index (κ1) is 15.6. The lowest BCUT2D eigenvalue weighted by Crippen LogP contribution is -2.46. The van der Waals surface area contributed by atoms with Gasteiger partial charge in [-0.3, -0.25) is 14.5 Å². The molecule has 116 valence electrons. The topological polar surface area (TPSA) is 74.0 Å². The number of amides is 1. The second kappa shape index (κ2) is 6.30. The molecule has 0 saturated carbocycles. The maximum absolute atomic E-state index is 12.2. The van der Waals surface area contributed by atoms with E-state index in [0.717, 1.165) is 5.76 Å². The summed E-state index contributed by atoms with van der Waals surface area (Å²) in [7, 11) is 1.75. The van der Waals surface area contributed by atoms with Gasteiger partial charge in [0.05, 0.1) is 24.8 Å². The Morgan fingerprint density at radius 2 is 2.10 bits per heavy atom. The molecule has 0 aliphatic carbocycles. The maximum atomic E-state index is 12.2. The summed E-state index contributed by atoms with van der Waals surface area (Å²) in [5.74, 6) is 0.0247. The standard InChI is InChI=1S/C15H22N2O4/c1-15(14(19)20)5-7-17(8-6-15)11-13(18)16(2)10-12-4-3-9-21-12/h3-4,9H,5-8,10-11H2,1-2H3,(H,19,20). The summed E-state index contributed by atoms with van der Waals surface area (Å²) in [4.78, 5) is 27.0. The summed E-state index contributed by atoms with van der Waals surface area (Å²) >= 11 is 0. The number of aliphatic carboxylic acids is 1. The van der Waals surface area contributed by atoms with E-state index in [1.807, 2.05) is 11.0 Å². The zero-order chi connectivity index (χ0) is 15.5. The minimum absolute atomic E-state index is 0.0188. The molecule has 1 aliphatic rings. The monoisotopic (exact) mass is 294 g/mol. The molecule has 6 heteroatoms. The van der Waals surface area contributed by atoms with Gasteiger partial charge in [0.25, 0.3) is 0 Å². The third-order valence-electron chi connectivity index (χ3n) is 4.23. The van der Waals surface area contributed by atoms with E-state index in [-0.39, 0.29) is 5.91 Å². The van der Waals surface area contributed by atoms with Crippen molar-refractivity contribution in [3.8, 4) is 0 Å². The average molecular weight is 294 g/mol. The van der Waals surface area contributed by atoms with Gasteiger partial charge in [0.2, 0.25) is 5.91 Å². The quantitative estimate of drug-likeness (QED) is 0.889. The Balaban J connectivity index is 1.80. The van der Waals surface area contributed by atoms with Gasteiger partial charge in [-0.2, -0.15) is 0 Å². The highest BCUT2D eigenvalue weighted by Gasteiger charge is 2.37. The van der Waals surface area contributed by atoms with E-state index >= 15 is 0 Å². The van der Waals surface area contributed by atoms with Crippen LogP contribution < -0.4 is 0 Å². The molecular weight excluding hydrogens is 272 g/mol.